The maximum atomic E-state index is 12.0. The molecule has 1 saturated heterocycles. The molecule has 0 saturated carbocycles. The van der Waals surface area contributed by atoms with Gasteiger partial charge in [-0.25, -0.2) is 4.79 Å². The van der Waals surface area contributed by atoms with Gasteiger partial charge in [0.05, 0.1) is 0 Å². The fourth-order valence-electron chi connectivity index (χ4n) is 2.18. The molecule has 0 aliphatic carbocycles. The Bertz CT molecular complexity index is 260. The minimum absolute atomic E-state index is 0.196. The van der Waals surface area contributed by atoms with Crippen LogP contribution in [0.5, 0.6) is 0 Å². The van der Waals surface area contributed by atoms with E-state index in [0.717, 1.165) is 19.3 Å². The van der Waals surface area contributed by atoms with Gasteiger partial charge in [-0.15, -0.1) is 0 Å². The molecule has 1 amide bonds. The second kappa shape index (κ2) is 5.71. The summed E-state index contributed by atoms with van der Waals surface area (Å²) < 4.78 is 5.40. The highest BCUT2D eigenvalue weighted by molar-refractivity contribution is 5.68. The van der Waals surface area contributed by atoms with Crippen LogP contribution in [0, 0.1) is 5.92 Å². The van der Waals surface area contributed by atoms with Gasteiger partial charge < -0.3 is 14.7 Å². The first-order valence-corrected chi connectivity index (χ1v) is 6.44. The Kier molecular flexibility index (Phi) is 4.80. The maximum absolute atomic E-state index is 12.0. The molecule has 0 bridgehead atoms. The summed E-state index contributed by atoms with van der Waals surface area (Å²) in [6.07, 6.45) is 2.62. The van der Waals surface area contributed by atoms with Crippen LogP contribution in [-0.4, -0.2) is 40.9 Å². The third kappa shape index (κ3) is 4.54. The van der Waals surface area contributed by atoms with Crippen molar-refractivity contribution in [3.8, 4) is 0 Å². The summed E-state index contributed by atoms with van der Waals surface area (Å²) in [6.45, 7) is 8.59. The first-order chi connectivity index (χ1) is 7.83. The van der Waals surface area contributed by atoms with Gasteiger partial charge in [-0.3, -0.25) is 0 Å². The lowest BCUT2D eigenvalue weighted by Crippen LogP contribution is -2.47. The van der Waals surface area contributed by atoms with E-state index in [2.05, 4.69) is 6.92 Å². The van der Waals surface area contributed by atoms with Gasteiger partial charge in [0.25, 0.3) is 0 Å². The molecule has 0 spiro atoms. The second-order valence-electron chi connectivity index (χ2n) is 5.94. The highest BCUT2D eigenvalue weighted by Crippen LogP contribution is 2.25. The summed E-state index contributed by atoms with van der Waals surface area (Å²) >= 11 is 0. The monoisotopic (exact) mass is 243 g/mol. The zero-order chi connectivity index (χ0) is 13.1. The molecule has 1 heterocycles. The normalized spacial score (nSPS) is 25.8. The van der Waals surface area contributed by atoms with Gasteiger partial charge in [0.1, 0.15) is 5.60 Å². The Balaban J connectivity index is 2.57. The van der Waals surface area contributed by atoms with Crippen molar-refractivity contribution in [2.24, 2.45) is 5.92 Å². The lowest BCUT2D eigenvalue weighted by atomic mass is 9.91. The Morgan fingerprint density at radius 3 is 2.59 bits per heavy atom. The molecule has 0 aromatic rings. The minimum atomic E-state index is -0.444. The number of hydrogen-bond acceptors (Lipinski definition) is 3. The number of rotatable bonds is 2. The quantitative estimate of drug-likeness (QED) is 0.810. The van der Waals surface area contributed by atoms with Crippen molar-refractivity contribution in [3.63, 3.8) is 0 Å². The van der Waals surface area contributed by atoms with E-state index in [1.807, 2.05) is 20.8 Å². The molecule has 1 fully saturated rings. The van der Waals surface area contributed by atoms with Crippen LogP contribution in [0.4, 0.5) is 4.79 Å². The number of hydrogen-bond donors (Lipinski definition) is 1. The lowest BCUT2D eigenvalue weighted by Gasteiger charge is -2.38. The van der Waals surface area contributed by atoms with Crippen LogP contribution in [-0.2, 0) is 4.74 Å². The summed E-state index contributed by atoms with van der Waals surface area (Å²) in [5, 5.41) is 8.96. The maximum Gasteiger partial charge on any atom is 0.410 e. The summed E-state index contributed by atoms with van der Waals surface area (Å²) in [4.78, 5) is 13.8. The van der Waals surface area contributed by atoms with Crippen molar-refractivity contribution in [2.45, 2.75) is 58.6 Å². The average molecular weight is 243 g/mol. The van der Waals surface area contributed by atoms with E-state index >= 15 is 0 Å². The number of ether oxygens (including phenoxy) is 1. The molecular formula is C13H25NO3. The van der Waals surface area contributed by atoms with E-state index in [1.165, 1.54) is 0 Å². The number of nitrogens with zero attached hydrogens (tertiary/aromatic N) is 1. The third-order valence-corrected chi connectivity index (χ3v) is 3.14. The Labute approximate surface area is 104 Å². The molecule has 1 rings (SSSR count). The van der Waals surface area contributed by atoms with E-state index in [9.17, 15) is 4.79 Å². The van der Waals surface area contributed by atoms with E-state index in [0.29, 0.717) is 12.5 Å². The molecule has 1 aliphatic heterocycles. The number of amides is 1. The Morgan fingerprint density at radius 1 is 1.41 bits per heavy atom. The van der Waals surface area contributed by atoms with Crippen molar-refractivity contribution in [2.75, 3.05) is 13.2 Å². The molecule has 100 valence electrons. The number of carbonyl (C=O) groups excluding carboxylic acids is 1. The highest BCUT2D eigenvalue weighted by atomic mass is 16.6. The van der Waals surface area contributed by atoms with Crippen molar-refractivity contribution >= 4 is 6.09 Å². The van der Waals surface area contributed by atoms with Crippen molar-refractivity contribution < 1.29 is 14.6 Å². The molecule has 0 aromatic carbocycles. The van der Waals surface area contributed by atoms with Gasteiger partial charge >= 0.3 is 6.09 Å². The molecule has 17 heavy (non-hydrogen) atoms. The van der Waals surface area contributed by atoms with E-state index in [1.54, 1.807) is 4.90 Å². The summed E-state index contributed by atoms with van der Waals surface area (Å²) in [7, 11) is 0. The van der Waals surface area contributed by atoms with Gasteiger partial charge in [0.15, 0.2) is 0 Å². The number of aliphatic hydroxyl groups is 1. The van der Waals surface area contributed by atoms with E-state index in [4.69, 9.17) is 9.84 Å². The summed E-state index contributed by atoms with van der Waals surface area (Å²) in [6, 6.07) is 0.236. The van der Waals surface area contributed by atoms with Gasteiger partial charge in [-0.2, -0.15) is 0 Å². The Morgan fingerprint density at radius 2 is 2.06 bits per heavy atom. The van der Waals surface area contributed by atoms with E-state index in [-0.39, 0.29) is 18.7 Å². The van der Waals surface area contributed by atoms with Crippen LogP contribution in [0.15, 0.2) is 0 Å². The zero-order valence-corrected chi connectivity index (χ0v) is 11.4. The topological polar surface area (TPSA) is 49.8 Å². The van der Waals surface area contributed by atoms with Gasteiger partial charge in [-0.1, -0.05) is 0 Å². The van der Waals surface area contributed by atoms with Crippen molar-refractivity contribution in [1.29, 1.82) is 0 Å². The molecule has 2 unspecified atom stereocenters. The van der Waals surface area contributed by atoms with Crippen molar-refractivity contribution in [1.82, 2.24) is 4.90 Å². The fourth-order valence-corrected chi connectivity index (χ4v) is 2.18. The number of carbonyl (C=O) groups is 1. The predicted octanol–water partition coefficient (Wildman–Crippen LogP) is 2.40. The standard InChI is InChI=1S/C13H25NO3/c1-10-5-6-11(7-8-15)9-14(10)12(16)17-13(2,3)4/h10-11,15H,5-9H2,1-4H3. The van der Waals surface area contributed by atoms with Crippen LogP contribution in [0.3, 0.4) is 0 Å². The largest absolute Gasteiger partial charge is 0.444 e. The van der Waals surface area contributed by atoms with Crippen LogP contribution in [0.25, 0.3) is 0 Å². The minimum Gasteiger partial charge on any atom is -0.444 e. The Hall–Kier alpha value is -0.770. The number of aliphatic hydroxyl groups excluding tert-OH is 1. The molecular weight excluding hydrogens is 218 g/mol. The molecule has 4 nitrogen and oxygen atoms in total. The zero-order valence-electron chi connectivity index (χ0n) is 11.4. The molecule has 4 heteroatoms. The van der Waals surface area contributed by atoms with Crippen LogP contribution in [0.2, 0.25) is 0 Å². The smallest absolute Gasteiger partial charge is 0.410 e. The average Bonchev–Trinajstić information content (AvgIpc) is 2.18. The number of likely N-dealkylation sites (tertiary alicyclic amines) is 1. The SMILES string of the molecule is CC1CCC(CCO)CN1C(=O)OC(C)(C)C. The van der Waals surface area contributed by atoms with Crippen LogP contribution < -0.4 is 0 Å². The predicted molar refractivity (Wildman–Crippen MR) is 66.8 cm³/mol. The van der Waals surface area contributed by atoms with E-state index < -0.39 is 5.60 Å². The molecule has 2 atom stereocenters. The van der Waals surface area contributed by atoms with Gasteiger partial charge in [-0.05, 0) is 52.9 Å². The number of piperidine rings is 1. The second-order valence-corrected chi connectivity index (χ2v) is 5.94. The molecule has 1 aliphatic rings. The summed E-state index contributed by atoms with van der Waals surface area (Å²) in [5.74, 6) is 0.406. The first kappa shape index (κ1) is 14.3. The molecule has 1 N–H and O–H groups in total. The lowest BCUT2D eigenvalue weighted by molar-refractivity contribution is 0.00371. The van der Waals surface area contributed by atoms with Crippen LogP contribution >= 0.6 is 0 Å². The molecule has 0 radical (unpaired) electrons. The fraction of sp³-hybridized carbons (Fsp3) is 0.923. The highest BCUT2D eigenvalue weighted by Gasteiger charge is 2.31. The van der Waals surface area contributed by atoms with Gasteiger partial charge in [0, 0.05) is 19.2 Å². The third-order valence-electron chi connectivity index (χ3n) is 3.14. The molecule has 0 aromatic heterocycles. The first-order valence-electron chi connectivity index (χ1n) is 6.44. The van der Waals surface area contributed by atoms with Gasteiger partial charge in [0.2, 0.25) is 0 Å². The van der Waals surface area contributed by atoms with Crippen molar-refractivity contribution in [3.05, 3.63) is 0 Å². The van der Waals surface area contributed by atoms with Crippen LogP contribution in [0.1, 0.15) is 47.0 Å². The summed E-state index contributed by atoms with van der Waals surface area (Å²) in [5.41, 5.74) is -0.444.